The largest absolute Gasteiger partial charge is 0.497 e. The molecule has 0 aliphatic carbocycles. The van der Waals surface area contributed by atoms with Crippen molar-refractivity contribution < 1.29 is 28.5 Å². The third-order valence-electron chi connectivity index (χ3n) is 8.65. The van der Waals surface area contributed by atoms with E-state index in [2.05, 4.69) is 4.90 Å². The van der Waals surface area contributed by atoms with Gasteiger partial charge in [0.05, 0.1) is 20.3 Å². The predicted molar refractivity (Wildman–Crippen MR) is 151 cm³/mol. The van der Waals surface area contributed by atoms with E-state index in [-0.39, 0.29) is 29.7 Å². The van der Waals surface area contributed by atoms with Crippen LogP contribution in [0.4, 0.5) is 0 Å². The Labute approximate surface area is 236 Å². The molecular weight excluding hydrogens is 506 g/mol. The molecule has 6 atom stereocenters. The Kier molecular flexibility index (Phi) is 7.71. The van der Waals surface area contributed by atoms with Crippen LogP contribution in [0.25, 0.3) is 0 Å². The number of piperidine rings is 1. The summed E-state index contributed by atoms with van der Waals surface area (Å²) in [5, 5.41) is 0. The number of fused-ring (bicyclic) bond motifs is 2. The fraction of sp³-hybridized carbons (Fsp3) is 0.394. The summed E-state index contributed by atoms with van der Waals surface area (Å²) in [5.41, 5.74) is 1.56. The fourth-order valence-corrected chi connectivity index (χ4v) is 6.77. The zero-order valence-corrected chi connectivity index (χ0v) is 23.9. The maximum Gasteiger partial charge on any atom is 0.303 e. The second-order valence-corrected chi connectivity index (χ2v) is 10.8. The van der Waals surface area contributed by atoms with Gasteiger partial charge in [0.1, 0.15) is 35.1 Å². The monoisotopic (exact) mass is 543 g/mol. The number of Topliss-reactive ketones (excluding diaryl/α,β-unsaturated/α-hetero) is 1. The molecule has 210 valence electrons. The standard InChI is InChI=1S/C33H37NO6/c1-20-28-31(39-22(3)35)32(29(34(28)4)21(2)30(20)36)40-33(23-10-8-7-9-11-23,24-12-16-26(37-5)17-13-24)25-14-18-27(38-6)19-15-25/h7-21,28-29,31-32H,1-6H3/t20?,21?,28-,29+,31-,32+/m0/s1. The number of ketones is 1. The van der Waals surface area contributed by atoms with Crippen LogP contribution in [0.2, 0.25) is 0 Å². The van der Waals surface area contributed by atoms with Crippen molar-refractivity contribution in [2.75, 3.05) is 21.3 Å². The molecule has 2 fully saturated rings. The number of benzene rings is 3. The Morgan fingerprint density at radius 1 is 0.725 bits per heavy atom. The molecule has 3 aromatic carbocycles. The topological polar surface area (TPSA) is 74.3 Å². The van der Waals surface area contributed by atoms with E-state index in [1.807, 2.05) is 99.8 Å². The molecule has 0 radical (unpaired) electrons. The van der Waals surface area contributed by atoms with Gasteiger partial charge in [0.25, 0.3) is 0 Å². The van der Waals surface area contributed by atoms with Gasteiger partial charge in [-0.25, -0.2) is 0 Å². The van der Waals surface area contributed by atoms with Gasteiger partial charge in [-0.05, 0) is 48.0 Å². The highest BCUT2D eigenvalue weighted by Crippen LogP contribution is 2.49. The van der Waals surface area contributed by atoms with E-state index in [1.165, 1.54) is 6.92 Å². The first-order chi connectivity index (χ1) is 19.2. The number of esters is 1. The summed E-state index contributed by atoms with van der Waals surface area (Å²) in [7, 11) is 5.27. The average molecular weight is 544 g/mol. The maximum absolute atomic E-state index is 13.4. The third-order valence-corrected chi connectivity index (χ3v) is 8.65. The van der Waals surface area contributed by atoms with Crippen LogP contribution >= 0.6 is 0 Å². The van der Waals surface area contributed by atoms with E-state index in [0.717, 1.165) is 28.2 Å². The Morgan fingerprint density at radius 2 is 1.18 bits per heavy atom. The minimum atomic E-state index is -1.10. The highest BCUT2D eigenvalue weighted by molar-refractivity contribution is 5.86. The van der Waals surface area contributed by atoms with Crippen LogP contribution in [-0.2, 0) is 24.7 Å². The molecule has 2 saturated heterocycles. The van der Waals surface area contributed by atoms with E-state index in [9.17, 15) is 9.59 Å². The number of ether oxygens (including phenoxy) is 4. The lowest BCUT2D eigenvalue weighted by Crippen LogP contribution is -2.53. The van der Waals surface area contributed by atoms with Crippen molar-refractivity contribution in [2.24, 2.45) is 11.8 Å². The summed E-state index contributed by atoms with van der Waals surface area (Å²) in [6.07, 6.45) is -1.22. The van der Waals surface area contributed by atoms with Crippen LogP contribution in [-0.4, -0.2) is 62.2 Å². The van der Waals surface area contributed by atoms with Crippen LogP contribution < -0.4 is 9.47 Å². The molecule has 40 heavy (non-hydrogen) atoms. The fourth-order valence-electron chi connectivity index (χ4n) is 6.77. The van der Waals surface area contributed by atoms with E-state index in [1.54, 1.807) is 14.2 Å². The van der Waals surface area contributed by atoms with Gasteiger partial charge in [-0.2, -0.15) is 0 Å². The lowest BCUT2D eigenvalue weighted by molar-refractivity contribution is -0.161. The van der Waals surface area contributed by atoms with Crippen LogP contribution in [0.1, 0.15) is 37.5 Å². The zero-order valence-electron chi connectivity index (χ0n) is 23.9. The molecule has 2 bridgehead atoms. The Morgan fingerprint density at radius 3 is 1.62 bits per heavy atom. The van der Waals surface area contributed by atoms with Crippen LogP contribution in [0.15, 0.2) is 78.9 Å². The summed E-state index contributed by atoms with van der Waals surface area (Å²) in [4.78, 5) is 28.0. The van der Waals surface area contributed by atoms with Crippen molar-refractivity contribution in [2.45, 2.75) is 50.7 Å². The molecule has 2 heterocycles. The number of nitrogens with zero attached hydrogens (tertiary/aromatic N) is 1. The quantitative estimate of drug-likeness (QED) is 0.297. The van der Waals surface area contributed by atoms with Gasteiger partial charge >= 0.3 is 5.97 Å². The second-order valence-electron chi connectivity index (χ2n) is 10.8. The van der Waals surface area contributed by atoms with E-state index >= 15 is 0 Å². The Bertz CT molecular complexity index is 1290. The van der Waals surface area contributed by atoms with Crippen molar-refractivity contribution in [3.05, 3.63) is 95.6 Å². The molecule has 2 aliphatic heterocycles. The zero-order chi connectivity index (χ0) is 28.6. The smallest absolute Gasteiger partial charge is 0.303 e. The lowest BCUT2D eigenvalue weighted by Gasteiger charge is -2.42. The van der Waals surface area contributed by atoms with E-state index in [0.29, 0.717) is 0 Å². The molecule has 0 N–H and O–H groups in total. The first-order valence-electron chi connectivity index (χ1n) is 13.7. The van der Waals surface area contributed by atoms with Gasteiger partial charge in [-0.3, -0.25) is 14.5 Å². The van der Waals surface area contributed by atoms with Gasteiger partial charge in [0.2, 0.25) is 0 Å². The van der Waals surface area contributed by atoms with Crippen molar-refractivity contribution in [3.8, 4) is 11.5 Å². The molecule has 2 unspecified atom stereocenters. The van der Waals surface area contributed by atoms with Gasteiger partial charge in [-0.15, -0.1) is 0 Å². The molecule has 0 aromatic heterocycles. The molecule has 5 rings (SSSR count). The number of carbonyl (C=O) groups is 2. The molecule has 0 spiro atoms. The second kappa shape index (κ2) is 11.1. The summed E-state index contributed by atoms with van der Waals surface area (Å²) >= 11 is 0. The van der Waals surface area contributed by atoms with E-state index < -0.39 is 23.8 Å². The predicted octanol–water partition coefficient (Wildman–Crippen LogP) is 4.85. The van der Waals surface area contributed by atoms with Gasteiger partial charge in [-0.1, -0.05) is 68.4 Å². The van der Waals surface area contributed by atoms with Gasteiger partial charge < -0.3 is 18.9 Å². The summed E-state index contributed by atoms with van der Waals surface area (Å²) in [6.45, 7) is 5.28. The number of hydrogen-bond donors (Lipinski definition) is 0. The molecule has 2 aliphatic rings. The number of carbonyl (C=O) groups excluding carboxylic acids is 2. The van der Waals surface area contributed by atoms with Crippen molar-refractivity contribution in [3.63, 3.8) is 0 Å². The highest BCUT2D eigenvalue weighted by Gasteiger charge is 2.62. The van der Waals surface area contributed by atoms with Crippen LogP contribution in [0, 0.1) is 11.8 Å². The Hall–Kier alpha value is -3.68. The molecule has 7 heteroatoms. The molecule has 7 nitrogen and oxygen atoms in total. The van der Waals surface area contributed by atoms with Crippen molar-refractivity contribution >= 4 is 11.8 Å². The molecule has 0 amide bonds. The first kappa shape index (κ1) is 27.9. The molecule has 3 aromatic rings. The average Bonchev–Trinajstić information content (AvgIpc) is 3.20. The third kappa shape index (κ3) is 4.57. The van der Waals surface area contributed by atoms with E-state index in [4.69, 9.17) is 18.9 Å². The lowest BCUT2D eigenvalue weighted by atomic mass is 9.79. The molecule has 0 saturated carbocycles. The normalized spacial score (nSPS) is 26.4. The number of likely N-dealkylation sites (N-methyl/N-ethyl adjacent to an activating group) is 1. The van der Waals surface area contributed by atoms with Crippen molar-refractivity contribution in [1.82, 2.24) is 4.90 Å². The highest BCUT2D eigenvalue weighted by atomic mass is 16.6. The van der Waals surface area contributed by atoms with Crippen LogP contribution in [0.3, 0.4) is 0 Å². The first-order valence-corrected chi connectivity index (χ1v) is 13.7. The molecular formula is C33H37NO6. The van der Waals surface area contributed by atoms with Gasteiger partial charge in [0, 0.05) is 24.8 Å². The van der Waals surface area contributed by atoms with Gasteiger partial charge in [0.15, 0.2) is 0 Å². The summed E-state index contributed by atoms with van der Waals surface area (Å²) in [6, 6.07) is 25.1. The minimum Gasteiger partial charge on any atom is -0.497 e. The van der Waals surface area contributed by atoms with Crippen molar-refractivity contribution in [1.29, 1.82) is 0 Å². The Balaban J connectivity index is 1.76. The van der Waals surface area contributed by atoms with Crippen LogP contribution in [0.5, 0.6) is 11.5 Å². The SMILES string of the molecule is COc1ccc(C(O[C@H]2[C@@H](OC(C)=O)[C@@H]3C(C)C(=O)C(C)[C@H]2N3C)(c2ccccc2)c2ccc(OC)cc2)cc1. The number of rotatable bonds is 8. The summed E-state index contributed by atoms with van der Waals surface area (Å²) in [5.74, 6) is 0.608. The number of methoxy groups -OCH3 is 2. The minimum absolute atomic E-state index is 0.163. The number of hydrogen-bond acceptors (Lipinski definition) is 7. The summed E-state index contributed by atoms with van der Waals surface area (Å²) < 4.78 is 24.4. The maximum atomic E-state index is 13.4.